The number of hydrogen-bond donors (Lipinski definition) is 1. The molecule has 6 heteroatoms. The molecule has 1 aromatic rings. The Kier molecular flexibility index (Phi) is 4.65. The molecule has 0 bridgehead atoms. The van der Waals surface area contributed by atoms with Gasteiger partial charge in [-0.2, -0.15) is 0 Å². The molecular weight excluding hydrogens is 238 g/mol. The molecule has 6 nitrogen and oxygen atoms in total. The molecule has 1 rings (SSSR count). The van der Waals surface area contributed by atoms with Crippen molar-refractivity contribution in [2.45, 2.75) is 32.8 Å². The number of nitro groups is 1. The SMILES string of the molecule is Cc1cccc(OC(C)CCC(=O)O)c1[N+](=O)[O-]. The first kappa shape index (κ1) is 14.0. The summed E-state index contributed by atoms with van der Waals surface area (Å²) in [6, 6.07) is 4.82. The molecular formula is C12H15NO5. The number of carbonyl (C=O) groups is 1. The van der Waals surface area contributed by atoms with E-state index in [0.29, 0.717) is 12.0 Å². The highest BCUT2D eigenvalue weighted by atomic mass is 16.6. The first-order valence-corrected chi connectivity index (χ1v) is 5.54. The van der Waals surface area contributed by atoms with Gasteiger partial charge < -0.3 is 9.84 Å². The van der Waals surface area contributed by atoms with Crippen LogP contribution < -0.4 is 4.74 Å². The molecule has 1 N–H and O–H groups in total. The number of carboxylic acid groups (broad SMARTS) is 1. The maximum absolute atomic E-state index is 10.9. The Balaban J connectivity index is 2.81. The first-order valence-electron chi connectivity index (χ1n) is 5.54. The molecule has 0 spiro atoms. The highest BCUT2D eigenvalue weighted by Gasteiger charge is 2.20. The third kappa shape index (κ3) is 3.73. The van der Waals surface area contributed by atoms with E-state index in [1.807, 2.05) is 0 Å². The van der Waals surface area contributed by atoms with Crippen molar-refractivity contribution in [3.8, 4) is 5.75 Å². The van der Waals surface area contributed by atoms with Crippen molar-refractivity contribution >= 4 is 11.7 Å². The van der Waals surface area contributed by atoms with Gasteiger partial charge in [0.2, 0.25) is 0 Å². The summed E-state index contributed by atoms with van der Waals surface area (Å²) < 4.78 is 5.43. The smallest absolute Gasteiger partial charge is 0.313 e. The van der Waals surface area contributed by atoms with Crippen LogP contribution >= 0.6 is 0 Å². The van der Waals surface area contributed by atoms with E-state index in [1.165, 1.54) is 6.07 Å². The molecule has 1 aromatic carbocycles. The van der Waals surface area contributed by atoms with Crippen LogP contribution in [0.15, 0.2) is 18.2 Å². The lowest BCUT2D eigenvalue weighted by atomic mass is 10.2. The van der Waals surface area contributed by atoms with Gasteiger partial charge in [-0.05, 0) is 26.3 Å². The number of carboxylic acids is 1. The lowest BCUT2D eigenvalue weighted by Gasteiger charge is -2.14. The van der Waals surface area contributed by atoms with Gasteiger partial charge in [0.05, 0.1) is 11.0 Å². The van der Waals surface area contributed by atoms with E-state index in [9.17, 15) is 14.9 Å². The van der Waals surface area contributed by atoms with Crippen LogP contribution in [0.25, 0.3) is 0 Å². The average Bonchev–Trinajstić information content (AvgIpc) is 2.26. The summed E-state index contributed by atoms with van der Waals surface area (Å²) in [4.78, 5) is 20.9. The number of nitrogens with zero attached hydrogens (tertiary/aromatic N) is 1. The fraction of sp³-hybridized carbons (Fsp3) is 0.417. The number of ether oxygens (including phenoxy) is 1. The molecule has 0 saturated heterocycles. The van der Waals surface area contributed by atoms with Crippen molar-refractivity contribution in [2.75, 3.05) is 0 Å². The van der Waals surface area contributed by atoms with Crippen molar-refractivity contribution in [2.24, 2.45) is 0 Å². The highest BCUT2D eigenvalue weighted by Crippen LogP contribution is 2.31. The Labute approximate surface area is 104 Å². The predicted molar refractivity (Wildman–Crippen MR) is 64.8 cm³/mol. The number of benzene rings is 1. The van der Waals surface area contributed by atoms with Crippen LogP contribution in [0, 0.1) is 17.0 Å². The van der Waals surface area contributed by atoms with Gasteiger partial charge in [0, 0.05) is 12.0 Å². The van der Waals surface area contributed by atoms with Crippen LogP contribution in [0.4, 0.5) is 5.69 Å². The standard InChI is InChI=1S/C12H15NO5/c1-8-4-3-5-10(12(8)13(16)17)18-9(2)6-7-11(14)15/h3-5,9H,6-7H2,1-2H3,(H,14,15). The number of nitro benzene ring substituents is 1. The molecule has 0 aliphatic heterocycles. The van der Waals surface area contributed by atoms with Gasteiger partial charge in [0.1, 0.15) is 0 Å². The molecule has 18 heavy (non-hydrogen) atoms. The minimum atomic E-state index is -0.913. The lowest BCUT2D eigenvalue weighted by molar-refractivity contribution is -0.386. The van der Waals surface area contributed by atoms with Gasteiger partial charge in [-0.3, -0.25) is 14.9 Å². The lowest BCUT2D eigenvalue weighted by Crippen LogP contribution is -2.14. The number of para-hydroxylation sites is 1. The molecule has 0 heterocycles. The summed E-state index contributed by atoms with van der Waals surface area (Å²) in [6.07, 6.45) is -0.108. The molecule has 98 valence electrons. The maximum Gasteiger partial charge on any atom is 0.313 e. The van der Waals surface area contributed by atoms with Crippen LogP contribution in [0.5, 0.6) is 5.75 Å². The molecule has 1 unspecified atom stereocenters. The number of aryl methyl sites for hydroxylation is 1. The summed E-state index contributed by atoms with van der Waals surface area (Å²) in [5, 5.41) is 19.5. The topological polar surface area (TPSA) is 89.7 Å². The summed E-state index contributed by atoms with van der Waals surface area (Å²) in [6.45, 7) is 3.32. The number of hydrogen-bond acceptors (Lipinski definition) is 4. The molecule has 0 amide bonds. The quantitative estimate of drug-likeness (QED) is 0.621. The number of rotatable bonds is 6. The zero-order valence-electron chi connectivity index (χ0n) is 10.3. The monoisotopic (exact) mass is 253 g/mol. The van der Waals surface area contributed by atoms with E-state index in [1.54, 1.807) is 26.0 Å². The van der Waals surface area contributed by atoms with Crippen molar-refractivity contribution in [3.05, 3.63) is 33.9 Å². The fourth-order valence-electron chi connectivity index (χ4n) is 1.56. The average molecular weight is 253 g/mol. The summed E-state index contributed by atoms with van der Waals surface area (Å²) in [5.41, 5.74) is 0.447. The van der Waals surface area contributed by atoms with E-state index >= 15 is 0 Å². The summed E-state index contributed by atoms with van der Waals surface area (Å²) in [7, 11) is 0. The van der Waals surface area contributed by atoms with Crippen LogP contribution in [0.3, 0.4) is 0 Å². The largest absolute Gasteiger partial charge is 0.484 e. The van der Waals surface area contributed by atoms with Crippen molar-refractivity contribution < 1.29 is 19.6 Å². The van der Waals surface area contributed by atoms with Gasteiger partial charge in [-0.1, -0.05) is 12.1 Å². The third-order valence-corrected chi connectivity index (χ3v) is 2.48. The van der Waals surface area contributed by atoms with Crippen molar-refractivity contribution in [1.82, 2.24) is 0 Å². The van der Waals surface area contributed by atoms with Crippen molar-refractivity contribution in [1.29, 1.82) is 0 Å². The van der Waals surface area contributed by atoms with Gasteiger partial charge in [-0.25, -0.2) is 0 Å². The first-order chi connectivity index (χ1) is 8.41. The van der Waals surface area contributed by atoms with E-state index in [4.69, 9.17) is 9.84 Å². The van der Waals surface area contributed by atoms with E-state index < -0.39 is 10.9 Å². The molecule has 0 aromatic heterocycles. The summed E-state index contributed by atoms with van der Waals surface area (Å²) >= 11 is 0. The molecule has 0 aliphatic carbocycles. The van der Waals surface area contributed by atoms with Gasteiger partial charge >= 0.3 is 11.7 Å². The van der Waals surface area contributed by atoms with Crippen molar-refractivity contribution in [3.63, 3.8) is 0 Å². The van der Waals surface area contributed by atoms with E-state index in [-0.39, 0.29) is 24.0 Å². The second-order valence-electron chi connectivity index (χ2n) is 4.04. The van der Waals surface area contributed by atoms with Gasteiger partial charge in [0.25, 0.3) is 0 Å². The Morgan fingerprint density at radius 3 is 2.78 bits per heavy atom. The zero-order chi connectivity index (χ0) is 13.7. The van der Waals surface area contributed by atoms with Crippen LogP contribution in [-0.2, 0) is 4.79 Å². The fourth-order valence-corrected chi connectivity index (χ4v) is 1.56. The van der Waals surface area contributed by atoms with Gasteiger partial charge in [0.15, 0.2) is 5.75 Å². The maximum atomic E-state index is 10.9. The molecule has 0 radical (unpaired) electrons. The Morgan fingerprint density at radius 1 is 1.56 bits per heavy atom. The molecule has 1 atom stereocenters. The van der Waals surface area contributed by atoms with Gasteiger partial charge in [-0.15, -0.1) is 0 Å². The van der Waals surface area contributed by atoms with Crippen LogP contribution in [0.2, 0.25) is 0 Å². The highest BCUT2D eigenvalue weighted by molar-refractivity contribution is 5.66. The predicted octanol–water partition coefficient (Wildman–Crippen LogP) is 2.54. The normalized spacial score (nSPS) is 11.9. The molecule has 0 saturated carbocycles. The summed E-state index contributed by atoms with van der Waals surface area (Å²) in [5.74, 6) is -0.734. The zero-order valence-corrected chi connectivity index (χ0v) is 10.3. The van der Waals surface area contributed by atoms with E-state index in [0.717, 1.165) is 0 Å². The minimum absolute atomic E-state index is 0.0270. The van der Waals surface area contributed by atoms with Crippen LogP contribution in [-0.4, -0.2) is 22.1 Å². The third-order valence-electron chi connectivity index (χ3n) is 2.48. The second-order valence-corrected chi connectivity index (χ2v) is 4.04. The Hall–Kier alpha value is -2.11. The molecule has 0 fully saturated rings. The van der Waals surface area contributed by atoms with Crippen LogP contribution in [0.1, 0.15) is 25.3 Å². The van der Waals surface area contributed by atoms with E-state index in [2.05, 4.69) is 0 Å². The Morgan fingerprint density at radius 2 is 2.22 bits per heavy atom. The minimum Gasteiger partial charge on any atom is -0.484 e. The number of aliphatic carboxylic acids is 1. The Bertz CT molecular complexity index is 458. The molecule has 0 aliphatic rings. The second kappa shape index (κ2) is 6.00.